The second-order valence-electron chi connectivity index (χ2n) is 6.60. The summed E-state index contributed by atoms with van der Waals surface area (Å²) >= 11 is 0. The van der Waals surface area contributed by atoms with E-state index in [0.29, 0.717) is 11.3 Å². The standard InChI is InChI=1S/C14H20F3NO/c1-12(2,3)9-7-8-10(13(4,5)6)18-11(9)19-14(15,16)17/h7-8H,1-6H3. The van der Waals surface area contributed by atoms with Crippen molar-refractivity contribution in [2.24, 2.45) is 0 Å². The normalized spacial score (nSPS) is 13.5. The molecule has 0 fully saturated rings. The molecule has 0 unspecified atom stereocenters. The molecule has 1 heterocycles. The molecule has 0 aromatic carbocycles. The minimum absolute atomic E-state index is 0.333. The SMILES string of the molecule is CC(C)(C)c1ccc(C(C)(C)C)c(OC(F)(F)F)n1. The molecule has 5 heteroatoms. The lowest BCUT2D eigenvalue weighted by atomic mass is 9.85. The Morgan fingerprint density at radius 1 is 0.895 bits per heavy atom. The Bertz CT molecular complexity index is 453. The number of hydrogen-bond acceptors (Lipinski definition) is 2. The van der Waals surface area contributed by atoms with Gasteiger partial charge in [-0.15, -0.1) is 13.2 Å². The van der Waals surface area contributed by atoms with Crippen molar-refractivity contribution in [1.29, 1.82) is 0 Å². The molecule has 0 aliphatic carbocycles. The van der Waals surface area contributed by atoms with Gasteiger partial charge in [0.2, 0.25) is 5.88 Å². The summed E-state index contributed by atoms with van der Waals surface area (Å²) in [5.74, 6) is -0.354. The largest absolute Gasteiger partial charge is 0.574 e. The number of alkyl halides is 3. The second kappa shape index (κ2) is 4.69. The summed E-state index contributed by atoms with van der Waals surface area (Å²) in [5.41, 5.74) is 0.210. The van der Waals surface area contributed by atoms with E-state index < -0.39 is 11.8 Å². The molecule has 0 N–H and O–H groups in total. The smallest absolute Gasteiger partial charge is 0.388 e. The van der Waals surface area contributed by atoms with Crippen LogP contribution >= 0.6 is 0 Å². The van der Waals surface area contributed by atoms with Crippen molar-refractivity contribution in [3.8, 4) is 5.88 Å². The number of hydrogen-bond donors (Lipinski definition) is 0. The van der Waals surface area contributed by atoms with Gasteiger partial charge in [0.1, 0.15) is 0 Å². The minimum atomic E-state index is -4.73. The Labute approximate surface area is 112 Å². The average Bonchev–Trinajstić information content (AvgIpc) is 2.11. The number of ether oxygens (including phenoxy) is 1. The number of nitrogens with zero attached hydrogens (tertiary/aromatic N) is 1. The molecule has 0 saturated carbocycles. The zero-order valence-electron chi connectivity index (χ0n) is 12.1. The van der Waals surface area contributed by atoms with Crippen molar-refractivity contribution in [2.75, 3.05) is 0 Å². The van der Waals surface area contributed by atoms with Crippen LogP contribution in [0.4, 0.5) is 13.2 Å². The molecule has 1 rings (SSSR count). The van der Waals surface area contributed by atoms with Gasteiger partial charge in [0.05, 0.1) is 0 Å². The van der Waals surface area contributed by atoms with Gasteiger partial charge in [-0.05, 0) is 11.5 Å². The summed E-state index contributed by atoms with van der Waals surface area (Å²) < 4.78 is 41.5. The zero-order chi connectivity index (χ0) is 15.1. The van der Waals surface area contributed by atoms with Crippen molar-refractivity contribution >= 4 is 0 Å². The van der Waals surface area contributed by atoms with Gasteiger partial charge in [-0.1, -0.05) is 47.6 Å². The van der Waals surface area contributed by atoms with Crippen LogP contribution in [0.15, 0.2) is 12.1 Å². The zero-order valence-corrected chi connectivity index (χ0v) is 12.1. The molecule has 0 spiro atoms. The summed E-state index contributed by atoms with van der Waals surface area (Å²) in [6, 6.07) is 3.42. The monoisotopic (exact) mass is 275 g/mol. The molecular weight excluding hydrogens is 255 g/mol. The summed E-state index contributed by atoms with van der Waals surface area (Å²) in [4.78, 5) is 4.05. The van der Waals surface area contributed by atoms with Crippen LogP contribution in [0.3, 0.4) is 0 Å². The Kier molecular flexibility index (Phi) is 3.90. The maximum atomic E-state index is 12.5. The van der Waals surface area contributed by atoms with Gasteiger partial charge in [-0.3, -0.25) is 0 Å². The molecule has 0 amide bonds. The van der Waals surface area contributed by atoms with Crippen molar-refractivity contribution in [3.05, 3.63) is 23.4 Å². The summed E-state index contributed by atoms with van der Waals surface area (Å²) in [6.07, 6.45) is -4.73. The predicted molar refractivity (Wildman–Crippen MR) is 68.3 cm³/mol. The van der Waals surface area contributed by atoms with Crippen LogP contribution in [0.5, 0.6) is 5.88 Å². The first kappa shape index (κ1) is 15.8. The molecular formula is C14H20F3NO. The van der Waals surface area contributed by atoms with E-state index in [4.69, 9.17) is 0 Å². The fourth-order valence-corrected chi connectivity index (χ4v) is 1.62. The number of halogens is 3. The number of rotatable bonds is 1. The first-order valence-electron chi connectivity index (χ1n) is 6.08. The molecule has 1 aromatic heterocycles. The summed E-state index contributed by atoms with van der Waals surface area (Å²) in [6.45, 7) is 11.1. The molecule has 0 aliphatic rings. The molecule has 0 radical (unpaired) electrons. The van der Waals surface area contributed by atoms with Gasteiger partial charge in [0, 0.05) is 16.7 Å². The Hall–Kier alpha value is -1.26. The average molecular weight is 275 g/mol. The lowest BCUT2D eigenvalue weighted by molar-refractivity contribution is -0.276. The molecule has 0 bridgehead atoms. The van der Waals surface area contributed by atoms with Crippen LogP contribution in [0.25, 0.3) is 0 Å². The molecule has 108 valence electrons. The topological polar surface area (TPSA) is 22.1 Å². The highest BCUT2D eigenvalue weighted by Crippen LogP contribution is 2.35. The molecule has 0 atom stereocenters. The lowest BCUT2D eigenvalue weighted by Gasteiger charge is -2.25. The van der Waals surface area contributed by atoms with E-state index >= 15 is 0 Å². The number of pyridine rings is 1. The Morgan fingerprint density at radius 3 is 1.79 bits per heavy atom. The maximum absolute atomic E-state index is 12.5. The lowest BCUT2D eigenvalue weighted by Crippen LogP contribution is -2.24. The molecule has 0 aliphatic heterocycles. The number of aromatic nitrogens is 1. The summed E-state index contributed by atoms with van der Waals surface area (Å²) in [5, 5.41) is 0. The summed E-state index contributed by atoms with van der Waals surface area (Å²) in [7, 11) is 0. The van der Waals surface area contributed by atoms with Crippen LogP contribution in [-0.2, 0) is 10.8 Å². The molecule has 1 aromatic rings. The van der Waals surface area contributed by atoms with Crippen molar-refractivity contribution < 1.29 is 17.9 Å². The van der Waals surface area contributed by atoms with Gasteiger partial charge in [-0.25, -0.2) is 4.98 Å². The van der Waals surface area contributed by atoms with Gasteiger partial charge in [0.15, 0.2) is 0 Å². The predicted octanol–water partition coefficient (Wildman–Crippen LogP) is 4.58. The van der Waals surface area contributed by atoms with E-state index in [9.17, 15) is 13.2 Å². The highest BCUT2D eigenvalue weighted by atomic mass is 19.4. The van der Waals surface area contributed by atoms with Crippen LogP contribution in [0, 0.1) is 0 Å². The third-order valence-electron chi connectivity index (χ3n) is 2.65. The van der Waals surface area contributed by atoms with Gasteiger partial charge in [0.25, 0.3) is 0 Å². The fraction of sp³-hybridized carbons (Fsp3) is 0.643. The minimum Gasteiger partial charge on any atom is -0.388 e. The van der Waals surface area contributed by atoms with Gasteiger partial charge < -0.3 is 4.74 Å². The second-order valence-corrected chi connectivity index (χ2v) is 6.60. The first-order chi connectivity index (χ1) is 8.31. The molecule has 0 saturated heterocycles. The van der Waals surface area contributed by atoms with Crippen molar-refractivity contribution in [3.63, 3.8) is 0 Å². The van der Waals surface area contributed by atoms with E-state index in [-0.39, 0.29) is 11.3 Å². The van der Waals surface area contributed by atoms with E-state index in [0.717, 1.165) is 0 Å². The van der Waals surface area contributed by atoms with Crippen molar-refractivity contribution in [1.82, 2.24) is 4.98 Å². The van der Waals surface area contributed by atoms with Crippen LogP contribution in [0.1, 0.15) is 52.8 Å². The Balaban J connectivity index is 3.35. The van der Waals surface area contributed by atoms with E-state index in [1.54, 1.807) is 12.1 Å². The highest BCUT2D eigenvalue weighted by Gasteiger charge is 2.35. The first-order valence-corrected chi connectivity index (χ1v) is 6.08. The Morgan fingerprint density at radius 2 is 1.42 bits per heavy atom. The van der Waals surface area contributed by atoms with E-state index in [1.807, 2.05) is 41.5 Å². The quantitative estimate of drug-likeness (QED) is 0.748. The molecule has 2 nitrogen and oxygen atoms in total. The van der Waals surface area contributed by atoms with Crippen molar-refractivity contribution in [2.45, 2.75) is 58.7 Å². The van der Waals surface area contributed by atoms with E-state index in [1.165, 1.54) is 0 Å². The third-order valence-corrected chi connectivity index (χ3v) is 2.65. The third kappa shape index (κ3) is 4.40. The van der Waals surface area contributed by atoms with Gasteiger partial charge >= 0.3 is 6.36 Å². The fourth-order valence-electron chi connectivity index (χ4n) is 1.62. The van der Waals surface area contributed by atoms with Crippen LogP contribution < -0.4 is 4.74 Å². The molecule has 19 heavy (non-hydrogen) atoms. The van der Waals surface area contributed by atoms with Crippen LogP contribution in [-0.4, -0.2) is 11.3 Å². The van der Waals surface area contributed by atoms with E-state index in [2.05, 4.69) is 9.72 Å². The van der Waals surface area contributed by atoms with Gasteiger partial charge in [-0.2, -0.15) is 0 Å². The maximum Gasteiger partial charge on any atom is 0.574 e. The highest BCUT2D eigenvalue weighted by molar-refractivity contribution is 5.35. The van der Waals surface area contributed by atoms with Crippen LogP contribution in [0.2, 0.25) is 0 Å².